The number of ether oxygens (including phenoxy) is 2. The molecule has 0 unspecified atom stereocenters. The number of benzene rings is 3. The van der Waals surface area contributed by atoms with Gasteiger partial charge in [-0.05, 0) is 54.5 Å². The predicted octanol–water partition coefficient (Wildman–Crippen LogP) is 10.9. The highest BCUT2D eigenvalue weighted by molar-refractivity contribution is 5.71. The van der Waals surface area contributed by atoms with E-state index in [1.54, 1.807) is 48.5 Å². The van der Waals surface area contributed by atoms with Crippen molar-refractivity contribution >= 4 is 0 Å². The van der Waals surface area contributed by atoms with Crippen LogP contribution in [0.3, 0.4) is 0 Å². The minimum Gasteiger partial charge on any atom is -0.352 e. The number of aryl methyl sites for hydroxylation is 1. The first kappa shape index (κ1) is 32.0. The van der Waals surface area contributed by atoms with Crippen LogP contribution in [0.2, 0.25) is 0 Å². The van der Waals surface area contributed by atoms with Crippen LogP contribution in [0, 0.1) is 17.5 Å². The molecule has 0 spiro atoms. The van der Waals surface area contributed by atoms with E-state index in [0.717, 1.165) is 37.7 Å². The van der Waals surface area contributed by atoms with Crippen molar-refractivity contribution in [1.29, 1.82) is 0 Å². The Labute approximate surface area is 250 Å². The highest BCUT2D eigenvalue weighted by Gasteiger charge is 2.24. The molecule has 1 heterocycles. The van der Waals surface area contributed by atoms with E-state index in [-0.39, 0.29) is 23.6 Å². The molecule has 3 aromatic carbocycles. The largest absolute Gasteiger partial charge is 0.352 e. The number of allylic oxidation sites excluding steroid dienone is 2. The number of halogens is 3. The van der Waals surface area contributed by atoms with E-state index in [0.29, 0.717) is 41.9 Å². The molecular formula is C37H45F3O2. The Bertz CT molecular complexity index is 1280. The first-order valence-electron chi connectivity index (χ1n) is 15.7. The summed E-state index contributed by atoms with van der Waals surface area (Å²) < 4.78 is 56.8. The maximum atomic E-state index is 15.2. The van der Waals surface area contributed by atoms with Crippen LogP contribution in [0.25, 0.3) is 22.3 Å². The third kappa shape index (κ3) is 8.81. The smallest absolute Gasteiger partial charge is 0.166 e. The van der Waals surface area contributed by atoms with Crippen molar-refractivity contribution in [3.63, 3.8) is 0 Å². The molecule has 42 heavy (non-hydrogen) atoms. The van der Waals surface area contributed by atoms with Crippen LogP contribution >= 0.6 is 0 Å². The molecule has 3 aromatic rings. The predicted molar refractivity (Wildman–Crippen MR) is 166 cm³/mol. The Morgan fingerprint density at radius 1 is 0.738 bits per heavy atom. The minimum atomic E-state index is -0.823. The Kier molecular flexibility index (Phi) is 12.7. The van der Waals surface area contributed by atoms with Gasteiger partial charge in [0.25, 0.3) is 0 Å². The molecule has 0 aromatic heterocycles. The lowest BCUT2D eigenvalue weighted by Crippen LogP contribution is -2.30. The maximum absolute atomic E-state index is 15.2. The molecule has 4 rings (SSSR count). The van der Waals surface area contributed by atoms with Gasteiger partial charge in [0.1, 0.15) is 5.82 Å². The fourth-order valence-electron chi connectivity index (χ4n) is 5.60. The Hall–Kier alpha value is -2.89. The Morgan fingerprint density at radius 3 is 2.00 bits per heavy atom. The van der Waals surface area contributed by atoms with Crippen molar-refractivity contribution in [2.45, 2.75) is 96.7 Å². The third-order valence-electron chi connectivity index (χ3n) is 8.20. The summed E-state index contributed by atoms with van der Waals surface area (Å²) in [5.41, 5.74) is 3.18. The first-order valence-corrected chi connectivity index (χ1v) is 15.7. The van der Waals surface area contributed by atoms with E-state index >= 15 is 8.78 Å². The van der Waals surface area contributed by atoms with E-state index in [9.17, 15) is 4.39 Å². The lowest BCUT2D eigenvalue weighted by atomic mass is 9.94. The van der Waals surface area contributed by atoms with Gasteiger partial charge in [-0.3, -0.25) is 0 Å². The standard InChI is InChI=1S/C37H45F3O2/c1-3-5-7-8-9-10-11-13-14-29-20-23-33(37(40)36(29)39)28-18-16-27(17-19-28)32-22-21-30(24-34(32)38)31-25-41-35(42-26-31)15-12-6-4-2/h4,6,16-24,31,35H,3,5,7-15,25-26H2,1-2H3/b6-4+. The van der Waals surface area contributed by atoms with Gasteiger partial charge in [0.05, 0.1) is 13.2 Å². The molecule has 1 saturated heterocycles. The van der Waals surface area contributed by atoms with Crippen LogP contribution in [-0.2, 0) is 15.9 Å². The van der Waals surface area contributed by atoms with E-state index in [1.807, 2.05) is 19.1 Å². The van der Waals surface area contributed by atoms with Gasteiger partial charge < -0.3 is 9.47 Å². The SMILES string of the molecule is C/C=C/CCC1OCC(c2ccc(-c3ccc(-c4ccc(CCCCCCCCCC)c(F)c4F)cc3)c(F)c2)CO1. The molecule has 0 radical (unpaired) electrons. The molecule has 1 aliphatic heterocycles. The van der Waals surface area contributed by atoms with Crippen LogP contribution in [0.5, 0.6) is 0 Å². The highest BCUT2D eigenvalue weighted by atomic mass is 19.2. The van der Waals surface area contributed by atoms with E-state index in [2.05, 4.69) is 13.0 Å². The molecule has 0 amide bonds. The summed E-state index contributed by atoms with van der Waals surface area (Å²) in [6.45, 7) is 5.19. The summed E-state index contributed by atoms with van der Waals surface area (Å²) in [5.74, 6) is -1.94. The minimum absolute atomic E-state index is 0.0229. The topological polar surface area (TPSA) is 18.5 Å². The van der Waals surface area contributed by atoms with Crippen molar-refractivity contribution in [3.8, 4) is 22.3 Å². The zero-order valence-electron chi connectivity index (χ0n) is 25.1. The zero-order chi connectivity index (χ0) is 29.7. The molecule has 1 fully saturated rings. The van der Waals surface area contributed by atoms with Gasteiger partial charge >= 0.3 is 0 Å². The summed E-state index contributed by atoms with van der Waals surface area (Å²) in [6.07, 6.45) is 15.4. The average Bonchev–Trinajstić information content (AvgIpc) is 3.01. The quantitative estimate of drug-likeness (QED) is 0.132. The third-order valence-corrected chi connectivity index (χ3v) is 8.20. The van der Waals surface area contributed by atoms with Gasteiger partial charge in [0, 0.05) is 23.5 Å². The van der Waals surface area contributed by atoms with E-state index in [4.69, 9.17) is 9.47 Å². The fraction of sp³-hybridized carbons (Fsp3) is 0.459. The molecule has 226 valence electrons. The molecular weight excluding hydrogens is 533 g/mol. The maximum Gasteiger partial charge on any atom is 0.166 e. The second-order valence-corrected chi connectivity index (χ2v) is 11.4. The van der Waals surface area contributed by atoms with Gasteiger partial charge in [-0.1, -0.05) is 113 Å². The monoisotopic (exact) mass is 578 g/mol. The number of rotatable bonds is 15. The van der Waals surface area contributed by atoms with Crippen LogP contribution in [0.4, 0.5) is 13.2 Å². The summed E-state index contributed by atoms with van der Waals surface area (Å²) in [4.78, 5) is 0. The summed E-state index contributed by atoms with van der Waals surface area (Å²) in [6, 6.07) is 15.5. The molecule has 0 aliphatic carbocycles. The van der Waals surface area contributed by atoms with Crippen molar-refractivity contribution in [1.82, 2.24) is 0 Å². The molecule has 0 bridgehead atoms. The van der Waals surface area contributed by atoms with Crippen molar-refractivity contribution in [2.75, 3.05) is 13.2 Å². The van der Waals surface area contributed by atoms with E-state index < -0.39 is 11.6 Å². The van der Waals surface area contributed by atoms with Gasteiger partial charge in [-0.2, -0.15) is 0 Å². The average molecular weight is 579 g/mol. The van der Waals surface area contributed by atoms with Gasteiger partial charge in [0.2, 0.25) is 0 Å². The normalized spacial score (nSPS) is 17.3. The number of hydrogen-bond acceptors (Lipinski definition) is 2. The van der Waals surface area contributed by atoms with Crippen LogP contribution in [-0.4, -0.2) is 19.5 Å². The van der Waals surface area contributed by atoms with Crippen molar-refractivity contribution < 1.29 is 22.6 Å². The summed E-state index contributed by atoms with van der Waals surface area (Å²) >= 11 is 0. The molecule has 1 aliphatic rings. The Morgan fingerprint density at radius 2 is 1.36 bits per heavy atom. The van der Waals surface area contributed by atoms with Crippen LogP contribution in [0.15, 0.2) is 66.7 Å². The van der Waals surface area contributed by atoms with Gasteiger partial charge in [-0.25, -0.2) is 13.2 Å². The highest BCUT2D eigenvalue weighted by Crippen LogP contribution is 2.32. The molecule has 2 nitrogen and oxygen atoms in total. The molecule has 5 heteroatoms. The second-order valence-electron chi connectivity index (χ2n) is 11.4. The van der Waals surface area contributed by atoms with Crippen LogP contribution < -0.4 is 0 Å². The summed E-state index contributed by atoms with van der Waals surface area (Å²) in [7, 11) is 0. The van der Waals surface area contributed by atoms with Crippen molar-refractivity contribution in [3.05, 3.63) is 95.3 Å². The van der Waals surface area contributed by atoms with E-state index in [1.165, 1.54) is 32.1 Å². The molecule has 0 atom stereocenters. The lowest BCUT2D eigenvalue weighted by molar-refractivity contribution is -0.189. The zero-order valence-corrected chi connectivity index (χ0v) is 25.1. The van der Waals surface area contributed by atoms with Gasteiger partial charge in [-0.15, -0.1) is 0 Å². The molecule has 0 saturated carbocycles. The molecule has 0 N–H and O–H groups in total. The van der Waals surface area contributed by atoms with Gasteiger partial charge in [0.15, 0.2) is 17.9 Å². The Balaban J connectivity index is 1.33. The lowest BCUT2D eigenvalue weighted by Gasteiger charge is -2.29. The number of unbranched alkanes of at least 4 members (excludes halogenated alkanes) is 7. The second kappa shape index (κ2) is 16.7. The van der Waals surface area contributed by atoms with Crippen molar-refractivity contribution in [2.24, 2.45) is 0 Å². The van der Waals surface area contributed by atoms with Crippen LogP contribution in [0.1, 0.15) is 95.1 Å². The number of hydrogen-bond donors (Lipinski definition) is 0. The summed E-state index contributed by atoms with van der Waals surface area (Å²) in [5, 5.41) is 0. The first-order chi connectivity index (χ1) is 20.5. The fourth-order valence-corrected chi connectivity index (χ4v) is 5.60.